The van der Waals surface area contributed by atoms with E-state index >= 15 is 0 Å². The summed E-state index contributed by atoms with van der Waals surface area (Å²) in [5.74, 6) is 0.259. The van der Waals surface area contributed by atoms with Crippen LogP contribution < -0.4 is 11.1 Å². The van der Waals surface area contributed by atoms with Gasteiger partial charge in [-0.2, -0.15) is 0 Å². The molecule has 120 valence electrons. The molecular formula is C14H24IN3O2S. The van der Waals surface area contributed by atoms with E-state index in [4.69, 9.17) is 5.73 Å². The first-order chi connectivity index (χ1) is 9.37. The van der Waals surface area contributed by atoms with Gasteiger partial charge in [0, 0.05) is 11.9 Å². The zero-order valence-electron chi connectivity index (χ0n) is 12.7. The molecular weight excluding hydrogens is 401 g/mol. The van der Waals surface area contributed by atoms with Gasteiger partial charge in [0.25, 0.3) is 0 Å². The monoisotopic (exact) mass is 425 g/mol. The zero-order chi connectivity index (χ0) is 15.2. The number of nitrogens with two attached hydrogens (primary N) is 1. The molecule has 0 bridgehead atoms. The van der Waals surface area contributed by atoms with Gasteiger partial charge < -0.3 is 11.1 Å². The van der Waals surface area contributed by atoms with Crippen LogP contribution in [0.2, 0.25) is 0 Å². The predicted molar refractivity (Wildman–Crippen MR) is 100 cm³/mol. The highest BCUT2D eigenvalue weighted by Gasteiger charge is 2.07. The molecule has 7 heteroatoms. The second kappa shape index (κ2) is 9.24. The number of hydrogen-bond acceptors (Lipinski definition) is 3. The smallest absolute Gasteiger partial charge is 0.193 e. The average molecular weight is 425 g/mol. The van der Waals surface area contributed by atoms with Crippen LogP contribution in [0, 0.1) is 0 Å². The Hall–Kier alpha value is -0.830. The molecule has 0 aromatic heterocycles. The maximum absolute atomic E-state index is 11.0. The van der Waals surface area contributed by atoms with Gasteiger partial charge in [0.2, 0.25) is 0 Å². The molecule has 0 heterocycles. The van der Waals surface area contributed by atoms with Crippen molar-refractivity contribution in [3.05, 3.63) is 29.3 Å². The van der Waals surface area contributed by atoms with Crippen molar-refractivity contribution < 1.29 is 8.42 Å². The van der Waals surface area contributed by atoms with Crippen LogP contribution >= 0.6 is 24.0 Å². The van der Waals surface area contributed by atoms with Crippen molar-refractivity contribution in [3.63, 3.8) is 0 Å². The van der Waals surface area contributed by atoms with Crippen molar-refractivity contribution in [2.45, 2.75) is 26.7 Å². The van der Waals surface area contributed by atoms with Crippen LogP contribution in [0.5, 0.6) is 0 Å². The Morgan fingerprint density at radius 3 is 2.19 bits per heavy atom. The molecule has 0 fully saturated rings. The minimum absolute atomic E-state index is 0. The van der Waals surface area contributed by atoms with E-state index in [0.29, 0.717) is 0 Å². The predicted octanol–water partition coefficient (Wildman–Crippen LogP) is 2.20. The summed E-state index contributed by atoms with van der Waals surface area (Å²) in [6, 6.07) is 6.12. The van der Waals surface area contributed by atoms with E-state index in [1.54, 1.807) is 0 Å². The Balaban J connectivity index is 0.00000400. The molecule has 1 rings (SSSR count). The van der Waals surface area contributed by atoms with Crippen molar-refractivity contribution in [3.8, 4) is 0 Å². The quantitative estimate of drug-likeness (QED) is 0.416. The average Bonchev–Trinajstić information content (AvgIpc) is 2.37. The molecule has 0 aliphatic heterocycles. The van der Waals surface area contributed by atoms with Gasteiger partial charge in [0.15, 0.2) is 5.96 Å². The van der Waals surface area contributed by atoms with Gasteiger partial charge in [0.05, 0.1) is 12.3 Å². The lowest BCUT2D eigenvalue weighted by atomic mass is 10.0. The van der Waals surface area contributed by atoms with Crippen molar-refractivity contribution in [1.82, 2.24) is 0 Å². The minimum Gasteiger partial charge on any atom is -0.370 e. The van der Waals surface area contributed by atoms with Gasteiger partial charge in [-0.15, -0.1) is 24.0 Å². The number of sulfone groups is 1. The number of para-hydroxylation sites is 1. The summed E-state index contributed by atoms with van der Waals surface area (Å²) >= 11 is 0. The molecule has 0 unspecified atom stereocenters. The van der Waals surface area contributed by atoms with Crippen LogP contribution in [0.3, 0.4) is 0 Å². The molecule has 0 aliphatic carbocycles. The summed E-state index contributed by atoms with van der Waals surface area (Å²) < 4.78 is 22.1. The normalized spacial score (nSPS) is 11.9. The van der Waals surface area contributed by atoms with Gasteiger partial charge >= 0.3 is 0 Å². The van der Waals surface area contributed by atoms with E-state index in [2.05, 4.69) is 24.2 Å². The summed E-state index contributed by atoms with van der Waals surface area (Å²) in [7, 11) is -3.01. The topological polar surface area (TPSA) is 84.5 Å². The first-order valence-corrected chi connectivity index (χ1v) is 8.78. The molecule has 0 spiro atoms. The largest absolute Gasteiger partial charge is 0.370 e. The fraction of sp³-hybridized carbons (Fsp3) is 0.500. The Morgan fingerprint density at radius 2 is 1.76 bits per heavy atom. The molecule has 21 heavy (non-hydrogen) atoms. The Labute approximate surface area is 144 Å². The minimum atomic E-state index is -3.01. The maximum atomic E-state index is 11.0. The summed E-state index contributed by atoms with van der Waals surface area (Å²) in [4.78, 5) is 4.06. The van der Waals surface area contributed by atoms with Crippen LogP contribution in [0.1, 0.15) is 25.0 Å². The highest BCUT2D eigenvalue weighted by atomic mass is 127. The number of benzene rings is 1. The van der Waals surface area contributed by atoms with Crippen LogP contribution in [0.4, 0.5) is 5.69 Å². The molecule has 5 nitrogen and oxygen atoms in total. The molecule has 3 N–H and O–H groups in total. The van der Waals surface area contributed by atoms with Crippen molar-refractivity contribution in [1.29, 1.82) is 0 Å². The third-order valence-corrected chi connectivity index (χ3v) is 3.92. The summed E-state index contributed by atoms with van der Waals surface area (Å²) in [6.07, 6.45) is 2.98. The zero-order valence-corrected chi connectivity index (χ0v) is 15.9. The first kappa shape index (κ1) is 20.2. The van der Waals surface area contributed by atoms with Gasteiger partial charge in [-0.1, -0.05) is 32.0 Å². The molecule has 0 radical (unpaired) electrons. The van der Waals surface area contributed by atoms with E-state index in [-0.39, 0.29) is 42.2 Å². The van der Waals surface area contributed by atoms with Crippen LogP contribution in [-0.4, -0.2) is 32.9 Å². The first-order valence-electron chi connectivity index (χ1n) is 6.72. The number of hydrogen-bond donors (Lipinski definition) is 2. The third-order valence-electron chi connectivity index (χ3n) is 3.00. The van der Waals surface area contributed by atoms with E-state index in [1.165, 1.54) is 17.4 Å². The fourth-order valence-electron chi connectivity index (χ4n) is 1.90. The van der Waals surface area contributed by atoms with E-state index < -0.39 is 9.84 Å². The van der Waals surface area contributed by atoms with Gasteiger partial charge in [-0.25, -0.2) is 8.42 Å². The third kappa shape index (κ3) is 7.12. The Bertz CT molecular complexity index is 564. The number of nitrogens with zero attached hydrogens (tertiary/aromatic N) is 1. The second-order valence-corrected chi connectivity index (χ2v) is 6.94. The van der Waals surface area contributed by atoms with Crippen molar-refractivity contribution in [2.75, 3.05) is 23.9 Å². The van der Waals surface area contributed by atoms with Crippen LogP contribution in [0.25, 0.3) is 0 Å². The summed E-state index contributed by atoms with van der Waals surface area (Å²) in [5, 5.41) is 3.10. The van der Waals surface area contributed by atoms with Gasteiger partial charge in [-0.3, -0.25) is 4.99 Å². The lowest BCUT2D eigenvalue weighted by molar-refractivity contribution is 0.601. The van der Waals surface area contributed by atoms with Gasteiger partial charge in [-0.05, 0) is 24.0 Å². The van der Waals surface area contributed by atoms with Crippen molar-refractivity contribution >= 4 is 45.5 Å². The van der Waals surface area contributed by atoms with Crippen LogP contribution in [-0.2, 0) is 22.7 Å². The molecule has 0 aliphatic rings. The van der Waals surface area contributed by atoms with Gasteiger partial charge in [0.1, 0.15) is 9.84 Å². The second-order valence-electron chi connectivity index (χ2n) is 4.68. The number of halogens is 1. The van der Waals surface area contributed by atoms with E-state index in [9.17, 15) is 8.42 Å². The molecule has 0 amide bonds. The molecule has 0 saturated heterocycles. The SMILES string of the molecule is CCc1cccc(CC)c1NC(N)=NCCS(C)(=O)=O.I. The van der Waals surface area contributed by atoms with Crippen molar-refractivity contribution in [2.24, 2.45) is 10.7 Å². The number of aliphatic imine (C=N–C) groups is 1. The van der Waals surface area contributed by atoms with E-state index in [0.717, 1.165) is 18.5 Å². The highest BCUT2D eigenvalue weighted by molar-refractivity contribution is 14.0. The number of aryl methyl sites for hydroxylation is 2. The highest BCUT2D eigenvalue weighted by Crippen LogP contribution is 2.22. The maximum Gasteiger partial charge on any atom is 0.193 e. The standard InChI is InChI=1S/C14H23N3O2S.HI/c1-4-11-7-6-8-12(5-2)13(11)17-14(15)16-9-10-20(3,18)19;/h6-8H,4-5,9-10H2,1-3H3,(H3,15,16,17);1H. The fourth-order valence-corrected chi connectivity index (χ4v) is 2.33. The number of guanidine groups is 1. The number of anilines is 1. The number of nitrogens with one attached hydrogen (secondary N) is 1. The molecule has 0 saturated carbocycles. The Kier molecular flexibility index (Phi) is 8.88. The number of rotatable bonds is 6. The van der Waals surface area contributed by atoms with E-state index in [1.807, 2.05) is 18.2 Å². The molecule has 1 aromatic rings. The molecule has 0 atom stereocenters. The lowest BCUT2D eigenvalue weighted by Crippen LogP contribution is -2.25. The Morgan fingerprint density at radius 1 is 1.24 bits per heavy atom. The molecule has 1 aromatic carbocycles. The summed E-state index contributed by atoms with van der Waals surface area (Å²) in [6.45, 7) is 4.33. The summed E-state index contributed by atoms with van der Waals surface area (Å²) in [5.41, 5.74) is 9.15. The van der Waals surface area contributed by atoms with Crippen LogP contribution in [0.15, 0.2) is 23.2 Å². The lowest BCUT2D eigenvalue weighted by Gasteiger charge is -2.14.